The van der Waals surface area contributed by atoms with Crippen LogP contribution in [0.1, 0.15) is 44.1 Å². The lowest BCUT2D eigenvalue weighted by atomic mass is 9.48. The predicted octanol–water partition coefficient (Wildman–Crippen LogP) is 16.3. The van der Waals surface area contributed by atoms with Crippen molar-refractivity contribution in [2.24, 2.45) is 17.8 Å². The van der Waals surface area contributed by atoms with Crippen LogP contribution < -0.4 is 0 Å². The van der Waals surface area contributed by atoms with Crippen LogP contribution in [0, 0.1) is 23.6 Å². The van der Waals surface area contributed by atoms with E-state index in [4.69, 9.17) is 23.8 Å². The molecular formula is C61H44FN3O2. The van der Waals surface area contributed by atoms with Gasteiger partial charge in [0.2, 0.25) is 0 Å². The molecule has 4 fully saturated rings. The first kappa shape index (κ1) is 38.6. The Bertz CT molecular complexity index is 3700. The van der Waals surface area contributed by atoms with Crippen LogP contribution in [-0.4, -0.2) is 15.0 Å². The fraction of sp³-hybridized carbons (Fsp3) is 0.164. The number of para-hydroxylation sites is 3. The number of halogens is 1. The van der Waals surface area contributed by atoms with E-state index in [1.54, 1.807) is 0 Å². The Morgan fingerprint density at radius 3 is 1.63 bits per heavy atom. The molecule has 11 aromatic rings. The van der Waals surface area contributed by atoms with Gasteiger partial charge < -0.3 is 8.83 Å². The largest absolute Gasteiger partial charge is 0.455 e. The Morgan fingerprint density at radius 2 is 0.925 bits per heavy atom. The molecule has 6 heteroatoms. The molecule has 4 aliphatic carbocycles. The molecule has 3 heterocycles. The maximum absolute atomic E-state index is 14.3. The van der Waals surface area contributed by atoms with Crippen molar-refractivity contribution in [1.82, 2.24) is 15.0 Å². The average molecular weight is 870 g/mol. The van der Waals surface area contributed by atoms with Gasteiger partial charge in [-0.25, -0.2) is 19.3 Å². The smallest absolute Gasteiger partial charge is 0.167 e. The van der Waals surface area contributed by atoms with Gasteiger partial charge in [0.1, 0.15) is 28.1 Å². The molecule has 0 amide bonds. The zero-order valence-corrected chi connectivity index (χ0v) is 36.8. The quantitative estimate of drug-likeness (QED) is 0.160. The summed E-state index contributed by atoms with van der Waals surface area (Å²) in [4.78, 5) is 16.0. The fourth-order valence-electron chi connectivity index (χ4n) is 12.7. The summed E-state index contributed by atoms with van der Waals surface area (Å²) in [6.45, 7) is 0. The van der Waals surface area contributed by atoms with Crippen LogP contribution in [0.3, 0.4) is 0 Å². The van der Waals surface area contributed by atoms with Gasteiger partial charge in [0.15, 0.2) is 17.5 Å². The lowest BCUT2D eigenvalue weighted by molar-refractivity contribution is -0.00518. The van der Waals surface area contributed by atoms with E-state index in [0.717, 1.165) is 106 Å². The number of nitrogens with zero attached hydrogens (tertiary/aromatic N) is 3. The van der Waals surface area contributed by atoms with E-state index in [9.17, 15) is 4.39 Å². The Balaban J connectivity index is 0.973. The minimum Gasteiger partial charge on any atom is -0.455 e. The third kappa shape index (κ3) is 6.37. The molecule has 0 aliphatic heterocycles. The fourth-order valence-corrected chi connectivity index (χ4v) is 12.7. The molecule has 8 aromatic carbocycles. The number of benzene rings is 8. The van der Waals surface area contributed by atoms with Crippen molar-refractivity contribution >= 4 is 43.9 Å². The van der Waals surface area contributed by atoms with E-state index in [1.165, 1.54) is 56.2 Å². The van der Waals surface area contributed by atoms with Gasteiger partial charge >= 0.3 is 0 Å². The summed E-state index contributed by atoms with van der Waals surface area (Å²) in [6.07, 6.45) is 8.34. The third-order valence-corrected chi connectivity index (χ3v) is 15.4. The van der Waals surface area contributed by atoms with Gasteiger partial charge in [0.25, 0.3) is 0 Å². The summed E-state index contributed by atoms with van der Waals surface area (Å²) in [6, 6.07) is 59.6. The first-order chi connectivity index (χ1) is 33.0. The molecule has 0 unspecified atom stereocenters. The Kier molecular flexibility index (Phi) is 8.58. The van der Waals surface area contributed by atoms with E-state index < -0.39 is 0 Å². The monoisotopic (exact) mass is 869 g/mol. The van der Waals surface area contributed by atoms with E-state index in [2.05, 4.69) is 91.0 Å². The molecule has 3 aromatic heterocycles. The number of rotatable bonds is 7. The summed E-state index contributed by atoms with van der Waals surface area (Å²) in [5.74, 6) is 3.84. The third-order valence-electron chi connectivity index (χ3n) is 15.4. The number of hydrogen-bond acceptors (Lipinski definition) is 5. The maximum Gasteiger partial charge on any atom is 0.167 e. The maximum atomic E-state index is 14.3. The summed E-state index contributed by atoms with van der Waals surface area (Å²) in [5, 5.41) is 4.09. The lowest BCUT2D eigenvalue weighted by Gasteiger charge is -2.57. The highest BCUT2D eigenvalue weighted by molar-refractivity contribution is 6.16. The van der Waals surface area contributed by atoms with Gasteiger partial charge in [-0.2, -0.15) is 0 Å². The van der Waals surface area contributed by atoms with Crippen molar-refractivity contribution in [2.75, 3.05) is 0 Å². The van der Waals surface area contributed by atoms with Crippen molar-refractivity contribution < 1.29 is 13.2 Å². The molecule has 5 nitrogen and oxygen atoms in total. The van der Waals surface area contributed by atoms with Gasteiger partial charge in [0.05, 0.1) is 11.1 Å². The van der Waals surface area contributed by atoms with Crippen molar-refractivity contribution in [3.05, 3.63) is 187 Å². The van der Waals surface area contributed by atoms with Gasteiger partial charge in [-0.15, -0.1) is 0 Å². The van der Waals surface area contributed by atoms with Gasteiger partial charge in [0, 0.05) is 27.1 Å². The van der Waals surface area contributed by atoms with E-state index in [-0.39, 0.29) is 5.82 Å². The second kappa shape index (κ2) is 14.9. The first-order valence-electron chi connectivity index (χ1n) is 23.7. The number of furan rings is 2. The molecule has 0 N–H and O–H groups in total. The van der Waals surface area contributed by atoms with Gasteiger partial charge in [-0.1, -0.05) is 121 Å². The molecule has 4 bridgehead atoms. The summed E-state index contributed by atoms with van der Waals surface area (Å²) in [7, 11) is 0. The SMILES string of the molecule is Fc1ccc(-c2cc(-c3ccccc3)cc(-c3nc(-c4cccc5c4oc4ccccc45)nc(-c4ccc(-c5ccc(C67CC8CC(CC(C8)C6)C7)cc5)c5c4oc4ccccc45)n3)c2)cc1. The molecule has 4 aliphatic rings. The highest BCUT2D eigenvalue weighted by Crippen LogP contribution is 2.61. The van der Waals surface area contributed by atoms with Crippen LogP contribution in [0.5, 0.6) is 0 Å². The first-order valence-corrected chi connectivity index (χ1v) is 23.7. The van der Waals surface area contributed by atoms with Crippen LogP contribution in [-0.2, 0) is 5.41 Å². The Morgan fingerprint density at radius 1 is 0.403 bits per heavy atom. The van der Waals surface area contributed by atoms with Gasteiger partial charge in [-0.05, 0) is 155 Å². The van der Waals surface area contributed by atoms with E-state index >= 15 is 0 Å². The number of fused-ring (bicyclic) bond motifs is 6. The normalized spacial score (nSPS) is 19.9. The van der Waals surface area contributed by atoms with Crippen LogP contribution in [0.25, 0.3) is 111 Å². The highest BCUT2D eigenvalue weighted by atomic mass is 19.1. The van der Waals surface area contributed by atoms with E-state index in [1.807, 2.05) is 72.8 Å². The number of aromatic nitrogens is 3. The molecule has 4 saturated carbocycles. The summed E-state index contributed by atoms with van der Waals surface area (Å²) < 4.78 is 27.8. The molecule has 0 spiro atoms. The van der Waals surface area contributed by atoms with Crippen molar-refractivity contribution in [2.45, 2.75) is 43.9 Å². The predicted molar refractivity (Wildman–Crippen MR) is 267 cm³/mol. The topological polar surface area (TPSA) is 65.0 Å². The minimum atomic E-state index is -0.285. The van der Waals surface area contributed by atoms with Crippen LogP contribution >= 0.6 is 0 Å². The molecular weight excluding hydrogens is 826 g/mol. The lowest BCUT2D eigenvalue weighted by Crippen LogP contribution is -2.48. The van der Waals surface area contributed by atoms with Crippen molar-refractivity contribution in [3.63, 3.8) is 0 Å². The second-order valence-electron chi connectivity index (χ2n) is 19.5. The second-order valence-corrected chi connectivity index (χ2v) is 19.5. The Hall–Kier alpha value is -7.70. The standard InChI is InChI=1S/C61H44FN3O2/c62-46-23-19-40(20-24-46)43-30-42(39-9-2-1-3-10-39)31-44(32-43)58-63-59(51-14-8-13-49-48-11-4-6-15-53(48)66-56(49)51)65-60(64-58)52-26-25-47(55-50-12-5-7-16-54(50)67-57(52)55)41-17-21-45(22-18-41)61-33-36-27-37(34-61)29-38(28-36)35-61/h1-26,30-32,36-38H,27-29,33-35H2. The molecule has 67 heavy (non-hydrogen) atoms. The van der Waals surface area contributed by atoms with Crippen LogP contribution in [0.15, 0.2) is 185 Å². The summed E-state index contributed by atoms with van der Waals surface area (Å²) >= 11 is 0. The molecule has 0 atom stereocenters. The average Bonchev–Trinajstić information content (AvgIpc) is 3.95. The van der Waals surface area contributed by atoms with Crippen LogP contribution in [0.4, 0.5) is 4.39 Å². The molecule has 322 valence electrons. The van der Waals surface area contributed by atoms with E-state index in [0.29, 0.717) is 28.5 Å². The zero-order valence-electron chi connectivity index (χ0n) is 36.8. The molecule has 0 saturated heterocycles. The zero-order chi connectivity index (χ0) is 44.2. The minimum absolute atomic E-state index is 0.285. The molecule has 0 radical (unpaired) electrons. The van der Waals surface area contributed by atoms with Crippen LogP contribution in [0.2, 0.25) is 0 Å². The van der Waals surface area contributed by atoms with Gasteiger partial charge in [-0.3, -0.25) is 0 Å². The van der Waals surface area contributed by atoms with Crippen molar-refractivity contribution in [3.8, 4) is 67.5 Å². The highest BCUT2D eigenvalue weighted by Gasteiger charge is 2.51. The Labute approximate surface area is 387 Å². The molecule has 15 rings (SSSR count). The van der Waals surface area contributed by atoms with Crippen molar-refractivity contribution in [1.29, 1.82) is 0 Å². The summed E-state index contributed by atoms with van der Waals surface area (Å²) in [5.41, 5.74) is 13.3. The number of hydrogen-bond donors (Lipinski definition) is 0.